The Balaban J connectivity index is 3.18. The van der Waals surface area contributed by atoms with Crippen LogP contribution in [-0.2, 0) is 0 Å². The third-order valence-corrected chi connectivity index (χ3v) is 2.37. The molecule has 1 rings (SSSR count). The van der Waals surface area contributed by atoms with Crippen molar-refractivity contribution in [3.05, 3.63) is 28.0 Å². The lowest BCUT2D eigenvalue weighted by molar-refractivity contribution is 0.419. The van der Waals surface area contributed by atoms with Crippen molar-refractivity contribution >= 4 is 15.9 Å². The molecule has 5 N–H and O–H groups in total. The summed E-state index contributed by atoms with van der Waals surface area (Å²) in [6.07, 6.45) is 0. The maximum atomic E-state index is 13.1. The minimum absolute atomic E-state index is 0.161. The zero-order valence-corrected chi connectivity index (χ0v) is 8.38. The third-order valence-electron chi connectivity index (χ3n) is 1.75. The average molecular weight is 249 g/mol. The summed E-state index contributed by atoms with van der Waals surface area (Å²) in [6.45, 7) is 0.161. The van der Waals surface area contributed by atoms with Crippen LogP contribution in [0.15, 0.2) is 16.6 Å². The van der Waals surface area contributed by atoms with Crippen LogP contribution in [0.1, 0.15) is 11.6 Å². The summed E-state index contributed by atoms with van der Waals surface area (Å²) in [5.74, 6) is -1.14. The Labute approximate surface area is 83.7 Å². The van der Waals surface area contributed by atoms with Crippen molar-refractivity contribution in [1.29, 1.82) is 0 Å². The first-order chi connectivity index (χ1) is 6.07. The van der Waals surface area contributed by atoms with E-state index in [0.29, 0.717) is 5.56 Å². The fourth-order valence-electron chi connectivity index (χ4n) is 0.981. The maximum Gasteiger partial charge on any atom is 0.179 e. The van der Waals surface area contributed by atoms with Gasteiger partial charge in [0, 0.05) is 18.2 Å². The van der Waals surface area contributed by atoms with Gasteiger partial charge in [-0.05, 0) is 22.0 Å². The van der Waals surface area contributed by atoms with Crippen LogP contribution < -0.4 is 11.5 Å². The number of rotatable bonds is 2. The molecule has 13 heavy (non-hydrogen) atoms. The average Bonchev–Trinajstić information content (AvgIpc) is 2.13. The van der Waals surface area contributed by atoms with Gasteiger partial charge in [-0.2, -0.15) is 0 Å². The van der Waals surface area contributed by atoms with E-state index >= 15 is 0 Å². The molecule has 0 aliphatic carbocycles. The summed E-state index contributed by atoms with van der Waals surface area (Å²) in [6, 6.07) is 2.49. The highest BCUT2D eigenvalue weighted by atomic mass is 79.9. The van der Waals surface area contributed by atoms with Crippen LogP contribution in [0.5, 0.6) is 5.75 Å². The SMILES string of the molecule is NC[C@@H](N)c1ccc(Br)c(F)c1O. The molecule has 0 heterocycles. The van der Waals surface area contributed by atoms with Gasteiger partial charge >= 0.3 is 0 Å². The molecule has 1 aromatic rings. The number of aromatic hydroxyl groups is 1. The van der Waals surface area contributed by atoms with Crippen molar-refractivity contribution in [2.75, 3.05) is 6.54 Å². The highest BCUT2D eigenvalue weighted by Crippen LogP contribution is 2.30. The lowest BCUT2D eigenvalue weighted by Gasteiger charge is -2.11. The van der Waals surface area contributed by atoms with Crippen molar-refractivity contribution in [3.8, 4) is 5.75 Å². The minimum Gasteiger partial charge on any atom is -0.505 e. The second-order valence-corrected chi connectivity index (χ2v) is 3.50. The monoisotopic (exact) mass is 248 g/mol. The van der Waals surface area contributed by atoms with Gasteiger partial charge in [0.15, 0.2) is 11.6 Å². The van der Waals surface area contributed by atoms with E-state index in [0.717, 1.165) is 0 Å². The first-order valence-electron chi connectivity index (χ1n) is 3.70. The van der Waals surface area contributed by atoms with Gasteiger partial charge in [0.05, 0.1) is 4.47 Å². The molecule has 1 aromatic carbocycles. The summed E-state index contributed by atoms with van der Waals surface area (Å²) >= 11 is 2.94. The van der Waals surface area contributed by atoms with E-state index in [2.05, 4.69) is 15.9 Å². The van der Waals surface area contributed by atoms with Crippen LogP contribution in [0.3, 0.4) is 0 Å². The number of hydrogen-bond acceptors (Lipinski definition) is 3. The Morgan fingerprint density at radius 3 is 2.69 bits per heavy atom. The van der Waals surface area contributed by atoms with E-state index in [9.17, 15) is 9.50 Å². The molecule has 0 fully saturated rings. The lowest BCUT2D eigenvalue weighted by atomic mass is 10.1. The van der Waals surface area contributed by atoms with Gasteiger partial charge in [-0.3, -0.25) is 0 Å². The second kappa shape index (κ2) is 4.04. The molecular weight excluding hydrogens is 239 g/mol. The third kappa shape index (κ3) is 1.99. The lowest BCUT2D eigenvalue weighted by Crippen LogP contribution is -2.21. The number of benzene rings is 1. The molecule has 1 atom stereocenters. The van der Waals surface area contributed by atoms with Gasteiger partial charge in [0.2, 0.25) is 0 Å². The van der Waals surface area contributed by atoms with Gasteiger partial charge in [0.25, 0.3) is 0 Å². The Morgan fingerprint density at radius 1 is 1.54 bits per heavy atom. The maximum absolute atomic E-state index is 13.1. The van der Waals surface area contributed by atoms with E-state index in [4.69, 9.17) is 11.5 Å². The fraction of sp³-hybridized carbons (Fsp3) is 0.250. The Bertz CT molecular complexity index is 319. The number of phenolic OH excluding ortho intramolecular Hbond substituents is 1. The zero-order chi connectivity index (χ0) is 10.0. The largest absolute Gasteiger partial charge is 0.505 e. The van der Waals surface area contributed by atoms with E-state index in [1.54, 1.807) is 6.07 Å². The minimum atomic E-state index is -0.707. The van der Waals surface area contributed by atoms with Gasteiger partial charge < -0.3 is 16.6 Å². The molecule has 0 aromatic heterocycles. The molecule has 0 amide bonds. The van der Waals surface area contributed by atoms with E-state index < -0.39 is 17.6 Å². The van der Waals surface area contributed by atoms with Gasteiger partial charge in [0.1, 0.15) is 0 Å². The van der Waals surface area contributed by atoms with E-state index in [1.165, 1.54) is 6.07 Å². The van der Waals surface area contributed by atoms with Crippen LogP contribution in [0, 0.1) is 5.82 Å². The molecule has 0 aliphatic heterocycles. The predicted molar refractivity (Wildman–Crippen MR) is 51.7 cm³/mol. The predicted octanol–water partition coefficient (Wildman–Crippen LogP) is 1.25. The number of halogens is 2. The summed E-state index contributed by atoms with van der Waals surface area (Å²) in [7, 11) is 0. The van der Waals surface area contributed by atoms with Crippen molar-refractivity contribution in [2.45, 2.75) is 6.04 Å². The molecule has 5 heteroatoms. The van der Waals surface area contributed by atoms with Crippen molar-refractivity contribution in [3.63, 3.8) is 0 Å². The van der Waals surface area contributed by atoms with E-state index in [-0.39, 0.29) is 11.0 Å². The van der Waals surface area contributed by atoms with Crippen molar-refractivity contribution in [2.24, 2.45) is 11.5 Å². The summed E-state index contributed by atoms with van der Waals surface area (Å²) in [4.78, 5) is 0. The van der Waals surface area contributed by atoms with Crippen LogP contribution in [0.2, 0.25) is 0 Å². The summed E-state index contributed by atoms with van der Waals surface area (Å²) in [5.41, 5.74) is 11.2. The Hall–Kier alpha value is -0.650. The topological polar surface area (TPSA) is 72.3 Å². The van der Waals surface area contributed by atoms with E-state index in [1.807, 2.05) is 0 Å². The smallest absolute Gasteiger partial charge is 0.179 e. The molecule has 3 nitrogen and oxygen atoms in total. The van der Waals surface area contributed by atoms with Crippen LogP contribution in [0.4, 0.5) is 4.39 Å². The van der Waals surface area contributed by atoms with Crippen molar-refractivity contribution < 1.29 is 9.50 Å². The highest BCUT2D eigenvalue weighted by molar-refractivity contribution is 9.10. The molecular formula is C8H10BrFN2O. The fourth-order valence-corrected chi connectivity index (χ4v) is 1.30. The van der Waals surface area contributed by atoms with Gasteiger partial charge in [-0.25, -0.2) is 4.39 Å². The molecule has 0 radical (unpaired) electrons. The Kier molecular flexibility index (Phi) is 3.24. The molecule has 0 unspecified atom stereocenters. The zero-order valence-electron chi connectivity index (χ0n) is 6.80. The van der Waals surface area contributed by atoms with Crippen LogP contribution in [0.25, 0.3) is 0 Å². The summed E-state index contributed by atoms with van der Waals surface area (Å²) < 4.78 is 13.3. The first-order valence-corrected chi connectivity index (χ1v) is 4.49. The number of phenols is 1. The van der Waals surface area contributed by atoms with Crippen LogP contribution >= 0.6 is 15.9 Å². The van der Waals surface area contributed by atoms with Gasteiger partial charge in [-0.15, -0.1) is 0 Å². The van der Waals surface area contributed by atoms with Crippen LogP contribution in [-0.4, -0.2) is 11.7 Å². The molecule has 0 aliphatic rings. The molecule has 0 bridgehead atoms. The molecule has 0 spiro atoms. The highest BCUT2D eigenvalue weighted by Gasteiger charge is 2.14. The summed E-state index contributed by atoms with van der Waals surface area (Å²) in [5, 5.41) is 9.34. The number of hydrogen-bond donors (Lipinski definition) is 3. The molecule has 0 saturated carbocycles. The van der Waals surface area contributed by atoms with Gasteiger partial charge in [-0.1, -0.05) is 6.07 Å². The molecule has 72 valence electrons. The molecule has 0 saturated heterocycles. The first kappa shape index (κ1) is 10.4. The standard InChI is InChI=1S/C8H10BrFN2O/c9-5-2-1-4(6(12)3-11)8(13)7(5)10/h1-2,6,13H,3,11-12H2/t6-/m1/s1. The quantitative estimate of drug-likeness (QED) is 0.738. The Morgan fingerprint density at radius 2 is 2.15 bits per heavy atom. The number of nitrogens with two attached hydrogens (primary N) is 2. The van der Waals surface area contributed by atoms with Crippen molar-refractivity contribution in [1.82, 2.24) is 0 Å². The second-order valence-electron chi connectivity index (χ2n) is 2.64. The normalized spacial score (nSPS) is 12.9.